The minimum Gasteiger partial charge on any atom is -0.446 e. The van der Waals surface area contributed by atoms with Gasteiger partial charge >= 0.3 is 6.09 Å². The van der Waals surface area contributed by atoms with Gasteiger partial charge in [-0.25, -0.2) is 14.2 Å². The Kier molecular flexibility index (Phi) is 6.35. The SMILES string of the molecule is Cc1ccc(F)cc1-c1ccc2nc1C(=O)NCCCNC(=O)O[C@@H]1CC[C@@H](C1)c1cc(n[nH]1)N2. The van der Waals surface area contributed by atoms with Crippen LogP contribution in [0.4, 0.5) is 20.8 Å². The Labute approximate surface area is 201 Å². The summed E-state index contributed by atoms with van der Waals surface area (Å²) in [6, 6.07) is 9.87. The standard InChI is InChI=1S/C25H27FN6O3/c1-14-3-5-16(26)12-19(14)18-7-8-21-29-22-13-20(31-32-22)15-4-6-17(11-15)35-25(34)28-10-2-9-27-24(33)23(18)30-21/h3,5,7-8,12-13,15,17H,2,4,6,9-11H2,1H3,(H,27,33)(H,28,34)(H2,29,30,31,32)/t15-,17+/m0/s1. The number of pyridine rings is 1. The molecule has 182 valence electrons. The van der Waals surface area contributed by atoms with Crippen molar-refractivity contribution in [1.29, 1.82) is 0 Å². The lowest BCUT2D eigenvalue weighted by atomic mass is 9.98. The Morgan fingerprint density at radius 2 is 1.86 bits per heavy atom. The molecule has 0 spiro atoms. The van der Waals surface area contributed by atoms with Crippen molar-refractivity contribution in [3.8, 4) is 11.1 Å². The number of hydrogen-bond acceptors (Lipinski definition) is 6. The van der Waals surface area contributed by atoms with E-state index >= 15 is 0 Å². The second kappa shape index (κ2) is 9.73. The van der Waals surface area contributed by atoms with Crippen LogP contribution >= 0.6 is 0 Å². The van der Waals surface area contributed by atoms with Crippen LogP contribution in [-0.2, 0) is 4.74 Å². The van der Waals surface area contributed by atoms with Gasteiger partial charge in [0.1, 0.15) is 23.4 Å². The lowest BCUT2D eigenvalue weighted by molar-refractivity contribution is 0.0948. The Balaban J connectivity index is 1.49. The van der Waals surface area contributed by atoms with Crippen LogP contribution in [0.3, 0.4) is 0 Å². The number of carbonyl (C=O) groups is 2. The number of anilines is 2. The molecule has 1 aromatic carbocycles. The summed E-state index contributed by atoms with van der Waals surface area (Å²) in [6.07, 6.45) is 2.35. The highest BCUT2D eigenvalue weighted by Crippen LogP contribution is 2.36. The molecule has 2 aromatic heterocycles. The molecule has 1 aliphatic carbocycles. The zero-order valence-electron chi connectivity index (χ0n) is 19.4. The molecule has 2 amide bonds. The Bertz CT molecular complexity index is 1260. The third-order valence-corrected chi connectivity index (χ3v) is 6.46. The fraction of sp³-hybridized carbons (Fsp3) is 0.360. The molecule has 1 saturated carbocycles. The largest absolute Gasteiger partial charge is 0.446 e. The van der Waals surface area contributed by atoms with Gasteiger partial charge in [-0.3, -0.25) is 9.89 Å². The maximum absolute atomic E-state index is 14.0. The number of benzene rings is 1. The number of alkyl carbamates (subject to hydrolysis) is 1. The lowest BCUT2D eigenvalue weighted by Gasteiger charge is -2.15. The molecule has 6 bridgehead atoms. The number of rotatable bonds is 1. The van der Waals surface area contributed by atoms with E-state index in [4.69, 9.17) is 4.74 Å². The van der Waals surface area contributed by atoms with Crippen molar-refractivity contribution in [2.75, 3.05) is 18.4 Å². The number of H-pyrrole nitrogens is 1. The predicted molar refractivity (Wildman–Crippen MR) is 128 cm³/mol. The predicted octanol–water partition coefficient (Wildman–Crippen LogP) is 4.16. The fourth-order valence-electron chi connectivity index (χ4n) is 4.63. The number of halogens is 1. The molecule has 5 rings (SSSR count). The van der Waals surface area contributed by atoms with Gasteiger partial charge in [0.15, 0.2) is 5.82 Å². The number of nitrogens with zero attached hydrogens (tertiary/aromatic N) is 2. The van der Waals surface area contributed by atoms with E-state index in [-0.39, 0.29) is 17.7 Å². The average molecular weight is 479 g/mol. The highest BCUT2D eigenvalue weighted by atomic mass is 19.1. The summed E-state index contributed by atoms with van der Waals surface area (Å²) in [5, 5.41) is 16.1. The lowest BCUT2D eigenvalue weighted by Crippen LogP contribution is -2.32. The van der Waals surface area contributed by atoms with Crippen molar-refractivity contribution in [1.82, 2.24) is 25.8 Å². The van der Waals surface area contributed by atoms with Gasteiger partial charge in [0, 0.05) is 36.3 Å². The molecular formula is C25H27FN6O3. The maximum atomic E-state index is 14.0. The van der Waals surface area contributed by atoms with Crippen molar-refractivity contribution in [2.45, 2.75) is 44.6 Å². The van der Waals surface area contributed by atoms with Gasteiger partial charge < -0.3 is 20.7 Å². The van der Waals surface area contributed by atoms with Gasteiger partial charge in [0.25, 0.3) is 5.91 Å². The number of aromatic nitrogens is 3. The molecule has 9 nitrogen and oxygen atoms in total. The molecule has 2 aliphatic rings. The molecule has 0 saturated heterocycles. The van der Waals surface area contributed by atoms with Crippen molar-refractivity contribution in [3.05, 3.63) is 59.2 Å². The third kappa shape index (κ3) is 5.11. The smallest absolute Gasteiger partial charge is 0.407 e. The minimum absolute atomic E-state index is 0.138. The van der Waals surface area contributed by atoms with Gasteiger partial charge in [-0.1, -0.05) is 6.07 Å². The quantitative estimate of drug-likeness (QED) is 0.417. The zero-order chi connectivity index (χ0) is 24.4. The van der Waals surface area contributed by atoms with E-state index in [1.807, 2.05) is 13.0 Å². The molecule has 35 heavy (non-hydrogen) atoms. The van der Waals surface area contributed by atoms with E-state index in [1.54, 1.807) is 18.2 Å². The number of amides is 2. The molecule has 3 heterocycles. The minimum atomic E-state index is -0.451. The third-order valence-electron chi connectivity index (χ3n) is 6.46. The summed E-state index contributed by atoms with van der Waals surface area (Å²) in [5.41, 5.74) is 3.07. The van der Waals surface area contributed by atoms with E-state index in [1.165, 1.54) is 12.1 Å². The van der Waals surface area contributed by atoms with Crippen molar-refractivity contribution >= 4 is 23.6 Å². The summed E-state index contributed by atoms with van der Waals surface area (Å²) in [7, 11) is 0. The summed E-state index contributed by atoms with van der Waals surface area (Å²) < 4.78 is 19.6. The maximum Gasteiger partial charge on any atom is 0.407 e. The van der Waals surface area contributed by atoms with Gasteiger partial charge in [0.05, 0.1) is 0 Å². The number of nitrogens with one attached hydrogen (secondary N) is 4. The van der Waals surface area contributed by atoms with Crippen molar-refractivity contribution in [2.24, 2.45) is 0 Å². The molecule has 4 N–H and O–H groups in total. The van der Waals surface area contributed by atoms with E-state index < -0.39 is 17.8 Å². The number of carbonyl (C=O) groups excluding carboxylic acids is 2. The monoisotopic (exact) mass is 478 g/mol. The van der Waals surface area contributed by atoms with E-state index in [0.29, 0.717) is 42.3 Å². The van der Waals surface area contributed by atoms with E-state index in [0.717, 1.165) is 30.5 Å². The molecule has 1 aliphatic heterocycles. The number of ether oxygens (including phenoxy) is 1. The molecule has 2 atom stereocenters. The first-order valence-electron chi connectivity index (χ1n) is 11.8. The number of fused-ring (bicyclic) bond motifs is 7. The molecular weight excluding hydrogens is 451 g/mol. The van der Waals surface area contributed by atoms with Gasteiger partial charge in [0.2, 0.25) is 0 Å². The highest BCUT2D eigenvalue weighted by Gasteiger charge is 2.30. The van der Waals surface area contributed by atoms with Gasteiger partial charge in [-0.05, 0) is 68.0 Å². The van der Waals surface area contributed by atoms with Crippen LogP contribution in [0.15, 0.2) is 36.4 Å². The number of aromatic amines is 1. The Morgan fingerprint density at radius 1 is 1.00 bits per heavy atom. The first kappa shape index (κ1) is 22.8. The average Bonchev–Trinajstić information content (AvgIpc) is 3.49. The van der Waals surface area contributed by atoms with Gasteiger partial charge in [-0.15, -0.1) is 0 Å². The summed E-state index contributed by atoms with van der Waals surface area (Å²) in [6.45, 7) is 2.55. The summed E-state index contributed by atoms with van der Waals surface area (Å²) in [4.78, 5) is 29.8. The second-order valence-corrected chi connectivity index (χ2v) is 8.96. The fourth-order valence-corrected chi connectivity index (χ4v) is 4.63. The van der Waals surface area contributed by atoms with Crippen LogP contribution in [0.5, 0.6) is 0 Å². The number of hydrogen-bond donors (Lipinski definition) is 4. The second-order valence-electron chi connectivity index (χ2n) is 8.96. The Morgan fingerprint density at radius 3 is 2.74 bits per heavy atom. The van der Waals surface area contributed by atoms with Gasteiger partial charge in [-0.2, -0.15) is 5.10 Å². The molecule has 0 unspecified atom stereocenters. The van der Waals surface area contributed by atoms with Crippen LogP contribution in [0, 0.1) is 12.7 Å². The highest BCUT2D eigenvalue weighted by molar-refractivity contribution is 5.99. The normalized spacial score (nSPS) is 20.6. The van der Waals surface area contributed by atoms with Crippen LogP contribution in [0.1, 0.15) is 53.3 Å². The molecule has 1 fully saturated rings. The first-order valence-corrected chi connectivity index (χ1v) is 11.8. The zero-order valence-corrected chi connectivity index (χ0v) is 19.4. The number of aryl methyl sites for hydroxylation is 1. The Hall–Kier alpha value is -3.95. The van der Waals surface area contributed by atoms with E-state index in [9.17, 15) is 14.0 Å². The van der Waals surface area contributed by atoms with Crippen LogP contribution < -0.4 is 16.0 Å². The van der Waals surface area contributed by atoms with Crippen molar-refractivity contribution < 1.29 is 18.7 Å². The van der Waals surface area contributed by atoms with E-state index in [2.05, 4.69) is 31.1 Å². The van der Waals surface area contributed by atoms with Crippen molar-refractivity contribution in [3.63, 3.8) is 0 Å². The molecule has 10 heteroatoms. The summed E-state index contributed by atoms with van der Waals surface area (Å²) >= 11 is 0. The molecule has 3 aromatic rings. The molecule has 0 radical (unpaired) electrons. The van der Waals surface area contributed by atoms with Crippen LogP contribution in [0.25, 0.3) is 11.1 Å². The topological polar surface area (TPSA) is 121 Å². The van der Waals surface area contributed by atoms with Crippen LogP contribution in [0.2, 0.25) is 0 Å². The summed E-state index contributed by atoms with van der Waals surface area (Å²) in [5.74, 6) is 0.444. The van der Waals surface area contributed by atoms with Crippen LogP contribution in [-0.4, -0.2) is 46.4 Å². The first-order chi connectivity index (χ1) is 17.0.